The van der Waals surface area contributed by atoms with Gasteiger partial charge in [-0.3, -0.25) is 0 Å². The lowest BCUT2D eigenvalue weighted by Crippen LogP contribution is -1.94. The number of fused-ring (bicyclic) bond motifs is 1. The van der Waals surface area contributed by atoms with Crippen molar-refractivity contribution in [2.24, 2.45) is 7.05 Å². The second kappa shape index (κ2) is 2.94. The van der Waals surface area contributed by atoms with Crippen molar-refractivity contribution >= 4 is 16.6 Å². The average Bonchev–Trinajstić information content (AvgIpc) is 2.43. The van der Waals surface area contributed by atoms with Crippen molar-refractivity contribution in [1.29, 1.82) is 0 Å². The smallest absolute Gasteiger partial charge is 0.142 e. The fourth-order valence-corrected chi connectivity index (χ4v) is 1.69. The third-order valence-corrected chi connectivity index (χ3v) is 2.63. The Bertz CT molecular complexity index is 485. The van der Waals surface area contributed by atoms with Crippen LogP contribution in [0.1, 0.15) is 5.69 Å². The highest BCUT2D eigenvalue weighted by Crippen LogP contribution is 2.29. The van der Waals surface area contributed by atoms with Crippen LogP contribution >= 0.6 is 0 Å². The van der Waals surface area contributed by atoms with Gasteiger partial charge in [0, 0.05) is 18.1 Å². The number of methoxy groups -OCH3 is 1. The molecule has 0 radical (unpaired) electrons. The summed E-state index contributed by atoms with van der Waals surface area (Å²) < 4.78 is 7.28. The van der Waals surface area contributed by atoms with Crippen molar-refractivity contribution in [3.8, 4) is 5.75 Å². The van der Waals surface area contributed by atoms with Crippen molar-refractivity contribution in [2.75, 3.05) is 12.8 Å². The lowest BCUT2D eigenvalue weighted by Gasteiger charge is -2.05. The number of hydrogen-bond acceptors (Lipinski definition) is 2. The van der Waals surface area contributed by atoms with Crippen LogP contribution in [0.3, 0.4) is 0 Å². The summed E-state index contributed by atoms with van der Waals surface area (Å²) in [6.07, 6.45) is 0. The standard InChI is InChI=1S/C11H14N2O/c1-7-4-8-5-11(14-3)9(12)6-10(8)13(7)2/h4-6H,12H2,1-3H3. The molecule has 0 unspecified atom stereocenters. The van der Waals surface area contributed by atoms with Crippen LogP contribution in [-0.4, -0.2) is 11.7 Å². The Morgan fingerprint density at radius 2 is 2.00 bits per heavy atom. The maximum Gasteiger partial charge on any atom is 0.142 e. The van der Waals surface area contributed by atoms with Crippen molar-refractivity contribution in [2.45, 2.75) is 6.92 Å². The second-order valence-corrected chi connectivity index (χ2v) is 3.50. The van der Waals surface area contributed by atoms with E-state index in [9.17, 15) is 0 Å². The normalized spacial score (nSPS) is 10.8. The summed E-state index contributed by atoms with van der Waals surface area (Å²) in [6, 6.07) is 6.04. The molecule has 3 nitrogen and oxygen atoms in total. The zero-order valence-corrected chi connectivity index (χ0v) is 8.66. The van der Waals surface area contributed by atoms with Crippen LogP contribution in [0.4, 0.5) is 5.69 Å². The summed E-state index contributed by atoms with van der Waals surface area (Å²) in [7, 11) is 3.66. The molecule has 2 N–H and O–H groups in total. The quantitative estimate of drug-likeness (QED) is 0.699. The third kappa shape index (κ3) is 1.13. The predicted octanol–water partition coefficient (Wildman–Crippen LogP) is 2.08. The summed E-state index contributed by atoms with van der Waals surface area (Å²) >= 11 is 0. The Kier molecular flexibility index (Phi) is 1.88. The number of ether oxygens (including phenoxy) is 1. The Hall–Kier alpha value is -1.64. The molecule has 0 saturated heterocycles. The van der Waals surface area contributed by atoms with Crippen LogP contribution in [0.5, 0.6) is 5.75 Å². The number of nitrogens with two attached hydrogens (primary N) is 1. The van der Waals surface area contributed by atoms with E-state index in [4.69, 9.17) is 10.5 Å². The topological polar surface area (TPSA) is 40.2 Å². The molecule has 74 valence electrons. The number of nitrogens with zero attached hydrogens (tertiary/aromatic N) is 1. The summed E-state index contributed by atoms with van der Waals surface area (Å²) in [6.45, 7) is 2.07. The van der Waals surface area contributed by atoms with Gasteiger partial charge in [0.2, 0.25) is 0 Å². The van der Waals surface area contributed by atoms with Crippen molar-refractivity contribution < 1.29 is 4.74 Å². The zero-order chi connectivity index (χ0) is 10.3. The molecule has 0 amide bonds. The second-order valence-electron chi connectivity index (χ2n) is 3.50. The molecule has 1 heterocycles. The van der Waals surface area contributed by atoms with Crippen LogP contribution in [0, 0.1) is 6.92 Å². The number of anilines is 1. The average molecular weight is 190 g/mol. The fourth-order valence-electron chi connectivity index (χ4n) is 1.69. The molecule has 0 fully saturated rings. The Balaban J connectivity index is 2.79. The van der Waals surface area contributed by atoms with Gasteiger partial charge in [-0.15, -0.1) is 0 Å². The lowest BCUT2D eigenvalue weighted by atomic mass is 10.2. The summed E-state index contributed by atoms with van der Waals surface area (Å²) in [5, 5.41) is 1.16. The van der Waals surface area contributed by atoms with Crippen LogP contribution in [0.15, 0.2) is 18.2 Å². The van der Waals surface area contributed by atoms with E-state index < -0.39 is 0 Å². The molecular weight excluding hydrogens is 176 g/mol. The highest BCUT2D eigenvalue weighted by atomic mass is 16.5. The maximum absolute atomic E-state index is 5.84. The van der Waals surface area contributed by atoms with Crippen LogP contribution in [0.2, 0.25) is 0 Å². The van der Waals surface area contributed by atoms with Crippen LogP contribution in [0.25, 0.3) is 10.9 Å². The third-order valence-electron chi connectivity index (χ3n) is 2.63. The SMILES string of the molecule is COc1cc2cc(C)n(C)c2cc1N. The van der Waals surface area contributed by atoms with Gasteiger partial charge in [-0.2, -0.15) is 0 Å². The maximum atomic E-state index is 5.84. The van der Waals surface area contributed by atoms with Gasteiger partial charge in [0.15, 0.2) is 0 Å². The van der Waals surface area contributed by atoms with E-state index in [1.807, 2.05) is 19.2 Å². The van der Waals surface area contributed by atoms with Gasteiger partial charge in [-0.05, 0) is 25.1 Å². The first kappa shape index (κ1) is 8.94. The fraction of sp³-hybridized carbons (Fsp3) is 0.273. The van der Waals surface area contributed by atoms with Crippen molar-refractivity contribution in [3.05, 3.63) is 23.9 Å². The first-order valence-electron chi connectivity index (χ1n) is 4.53. The van der Waals surface area contributed by atoms with Gasteiger partial charge in [0.1, 0.15) is 5.75 Å². The van der Waals surface area contributed by atoms with E-state index in [1.54, 1.807) is 7.11 Å². The molecule has 1 aromatic heterocycles. The predicted molar refractivity (Wildman–Crippen MR) is 58.6 cm³/mol. The van der Waals surface area contributed by atoms with Crippen molar-refractivity contribution in [3.63, 3.8) is 0 Å². The summed E-state index contributed by atoms with van der Waals surface area (Å²) in [5.41, 5.74) is 8.87. The molecule has 3 heteroatoms. The molecule has 2 aromatic rings. The monoisotopic (exact) mass is 190 g/mol. The Morgan fingerprint density at radius 1 is 1.29 bits per heavy atom. The van der Waals surface area contributed by atoms with Gasteiger partial charge in [0.25, 0.3) is 0 Å². The lowest BCUT2D eigenvalue weighted by molar-refractivity contribution is 0.417. The number of rotatable bonds is 1. The minimum absolute atomic E-state index is 0.682. The van der Waals surface area contributed by atoms with Gasteiger partial charge in [-0.1, -0.05) is 0 Å². The van der Waals surface area contributed by atoms with E-state index in [1.165, 1.54) is 5.69 Å². The molecular formula is C11H14N2O. The van der Waals surface area contributed by atoms with E-state index in [2.05, 4.69) is 17.6 Å². The molecule has 0 atom stereocenters. The highest BCUT2D eigenvalue weighted by Gasteiger charge is 2.06. The summed E-state index contributed by atoms with van der Waals surface area (Å²) in [4.78, 5) is 0. The van der Waals surface area contributed by atoms with Crippen molar-refractivity contribution in [1.82, 2.24) is 4.57 Å². The Morgan fingerprint density at radius 3 is 2.64 bits per heavy atom. The van der Waals surface area contributed by atoms with Gasteiger partial charge in [-0.25, -0.2) is 0 Å². The number of hydrogen-bond donors (Lipinski definition) is 1. The molecule has 0 saturated carbocycles. The van der Waals surface area contributed by atoms with E-state index in [0.717, 1.165) is 16.7 Å². The first-order valence-corrected chi connectivity index (χ1v) is 4.53. The van der Waals surface area contributed by atoms with Gasteiger partial charge in [0.05, 0.1) is 18.3 Å². The minimum atomic E-state index is 0.682. The van der Waals surface area contributed by atoms with Crippen LogP contribution < -0.4 is 10.5 Å². The largest absolute Gasteiger partial charge is 0.495 e. The molecule has 14 heavy (non-hydrogen) atoms. The number of aryl methyl sites for hydroxylation is 2. The van der Waals surface area contributed by atoms with Gasteiger partial charge >= 0.3 is 0 Å². The molecule has 0 aliphatic carbocycles. The van der Waals surface area contributed by atoms with E-state index in [-0.39, 0.29) is 0 Å². The van der Waals surface area contributed by atoms with E-state index in [0.29, 0.717) is 5.69 Å². The van der Waals surface area contributed by atoms with E-state index >= 15 is 0 Å². The van der Waals surface area contributed by atoms with Crippen LogP contribution in [-0.2, 0) is 7.05 Å². The zero-order valence-electron chi connectivity index (χ0n) is 8.66. The molecule has 0 aliphatic heterocycles. The van der Waals surface area contributed by atoms with Gasteiger partial charge < -0.3 is 15.0 Å². The first-order chi connectivity index (χ1) is 6.63. The molecule has 0 spiro atoms. The Labute approximate surface area is 83.1 Å². The molecule has 0 aliphatic rings. The number of benzene rings is 1. The molecule has 2 rings (SSSR count). The molecule has 1 aromatic carbocycles. The summed E-state index contributed by atoms with van der Waals surface area (Å²) in [5.74, 6) is 0.739. The minimum Gasteiger partial charge on any atom is -0.495 e. The molecule has 0 bridgehead atoms. The number of aromatic nitrogens is 1. The number of nitrogen functional groups attached to an aromatic ring is 1. The highest BCUT2D eigenvalue weighted by molar-refractivity contribution is 5.87.